The molecule has 0 aromatic rings. The van der Waals surface area contributed by atoms with Gasteiger partial charge in [0.2, 0.25) is 0 Å². The van der Waals surface area contributed by atoms with Crippen LogP contribution >= 0.6 is 24.0 Å². The van der Waals surface area contributed by atoms with Crippen molar-refractivity contribution in [2.45, 2.75) is 44.9 Å². The van der Waals surface area contributed by atoms with Crippen molar-refractivity contribution < 1.29 is 9.47 Å². The molecule has 1 N–H and O–H groups in total. The summed E-state index contributed by atoms with van der Waals surface area (Å²) in [7, 11) is 1.90. The summed E-state index contributed by atoms with van der Waals surface area (Å²) >= 11 is 0. The normalized spacial score (nSPS) is 25.0. The van der Waals surface area contributed by atoms with Crippen LogP contribution in [0.15, 0.2) is 4.99 Å². The Morgan fingerprint density at radius 1 is 1.07 bits per heavy atom. The quantitative estimate of drug-likeness (QED) is 0.237. The van der Waals surface area contributed by atoms with Crippen molar-refractivity contribution in [3.8, 4) is 0 Å². The van der Waals surface area contributed by atoms with Gasteiger partial charge in [-0.2, -0.15) is 0 Å². The molecule has 6 nitrogen and oxygen atoms in total. The van der Waals surface area contributed by atoms with E-state index in [1.54, 1.807) is 0 Å². The maximum atomic E-state index is 5.86. The molecule has 0 saturated carbocycles. The summed E-state index contributed by atoms with van der Waals surface area (Å²) in [5.41, 5.74) is 0. The Hall–Kier alpha value is -0.120. The number of aliphatic imine (C=N–C) groups is 1. The number of nitrogens with zero attached hydrogens (tertiary/aromatic N) is 3. The van der Waals surface area contributed by atoms with Gasteiger partial charge < -0.3 is 24.6 Å². The second kappa shape index (κ2) is 14.0. The summed E-state index contributed by atoms with van der Waals surface area (Å²) in [4.78, 5) is 9.62. The smallest absolute Gasteiger partial charge is 0.193 e. The molecule has 3 rings (SSSR count). The van der Waals surface area contributed by atoms with Gasteiger partial charge in [0.05, 0.1) is 0 Å². The first-order chi connectivity index (χ1) is 13.3. The van der Waals surface area contributed by atoms with Gasteiger partial charge in [0, 0.05) is 59.7 Å². The maximum absolute atomic E-state index is 5.86. The van der Waals surface area contributed by atoms with E-state index in [4.69, 9.17) is 9.47 Å². The number of hydrogen-bond acceptors (Lipinski definition) is 4. The summed E-state index contributed by atoms with van der Waals surface area (Å²) in [6.45, 7) is 10.6. The number of rotatable bonds is 8. The number of nitrogens with one attached hydrogen (secondary N) is 1. The Balaban J connectivity index is 0.00000280. The minimum absolute atomic E-state index is 0. The molecular weight excluding hydrogens is 467 g/mol. The average Bonchev–Trinajstić information content (AvgIpc) is 3.17. The average molecular weight is 508 g/mol. The van der Waals surface area contributed by atoms with Crippen molar-refractivity contribution in [1.82, 2.24) is 15.1 Å². The lowest BCUT2D eigenvalue weighted by atomic mass is 10.0. The molecular formula is C21H41IN4O2. The van der Waals surface area contributed by atoms with E-state index in [1.807, 2.05) is 7.05 Å². The van der Waals surface area contributed by atoms with Crippen LogP contribution in [-0.2, 0) is 9.47 Å². The molecule has 0 amide bonds. The molecule has 0 aromatic carbocycles. The molecule has 164 valence electrons. The van der Waals surface area contributed by atoms with E-state index in [2.05, 4.69) is 20.1 Å². The molecule has 7 heteroatoms. The van der Waals surface area contributed by atoms with Crippen molar-refractivity contribution in [2.75, 3.05) is 72.7 Å². The van der Waals surface area contributed by atoms with E-state index >= 15 is 0 Å². The van der Waals surface area contributed by atoms with Crippen LogP contribution in [0.5, 0.6) is 0 Å². The predicted octanol–water partition coefficient (Wildman–Crippen LogP) is 2.82. The van der Waals surface area contributed by atoms with Gasteiger partial charge in [-0.15, -0.1) is 24.0 Å². The fourth-order valence-electron chi connectivity index (χ4n) is 4.55. The summed E-state index contributed by atoms with van der Waals surface area (Å²) < 4.78 is 11.3. The van der Waals surface area contributed by atoms with Crippen molar-refractivity contribution in [1.29, 1.82) is 0 Å². The number of piperidine rings is 1. The zero-order valence-corrected chi connectivity index (χ0v) is 20.1. The van der Waals surface area contributed by atoms with Crippen LogP contribution in [0.25, 0.3) is 0 Å². The first-order valence-corrected chi connectivity index (χ1v) is 11.2. The molecule has 3 aliphatic rings. The SMILES string of the molecule is CN=C(NCCCOCC1CCOCC1)N1CCC(CN2CCCCC2)C1.I. The van der Waals surface area contributed by atoms with E-state index in [1.165, 1.54) is 45.3 Å². The first kappa shape index (κ1) is 24.2. The molecule has 3 fully saturated rings. The van der Waals surface area contributed by atoms with E-state index in [0.29, 0.717) is 5.92 Å². The van der Waals surface area contributed by atoms with Gasteiger partial charge in [-0.3, -0.25) is 4.99 Å². The number of likely N-dealkylation sites (tertiary alicyclic amines) is 2. The fraction of sp³-hybridized carbons (Fsp3) is 0.952. The number of halogens is 1. The monoisotopic (exact) mass is 508 g/mol. The third-order valence-electron chi connectivity index (χ3n) is 6.21. The summed E-state index contributed by atoms with van der Waals surface area (Å²) in [6, 6.07) is 0. The third-order valence-corrected chi connectivity index (χ3v) is 6.21. The lowest BCUT2D eigenvalue weighted by Gasteiger charge is -2.29. The minimum Gasteiger partial charge on any atom is -0.381 e. The molecule has 0 aliphatic carbocycles. The van der Waals surface area contributed by atoms with Gasteiger partial charge in [0.15, 0.2) is 5.96 Å². The van der Waals surface area contributed by atoms with E-state index in [-0.39, 0.29) is 24.0 Å². The Kier molecular flexibility index (Phi) is 12.1. The molecule has 3 aliphatic heterocycles. The highest BCUT2D eigenvalue weighted by atomic mass is 127. The van der Waals surface area contributed by atoms with E-state index < -0.39 is 0 Å². The van der Waals surface area contributed by atoms with Crippen LogP contribution in [-0.4, -0.2) is 88.5 Å². The molecule has 3 heterocycles. The summed E-state index contributed by atoms with van der Waals surface area (Å²) in [5, 5.41) is 3.54. The van der Waals surface area contributed by atoms with Gasteiger partial charge in [-0.25, -0.2) is 0 Å². The molecule has 1 unspecified atom stereocenters. The lowest BCUT2D eigenvalue weighted by Crippen LogP contribution is -2.41. The lowest BCUT2D eigenvalue weighted by molar-refractivity contribution is 0.0203. The van der Waals surface area contributed by atoms with Gasteiger partial charge in [-0.1, -0.05) is 6.42 Å². The molecule has 0 aromatic heterocycles. The van der Waals surface area contributed by atoms with E-state index in [0.717, 1.165) is 77.2 Å². The summed E-state index contributed by atoms with van der Waals surface area (Å²) in [5.74, 6) is 2.56. The zero-order chi connectivity index (χ0) is 18.7. The maximum Gasteiger partial charge on any atom is 0.193 e. The Morgan fingerprint density at radius 2 is 1.86 bits per heavy atom. The van der Waals surface area contributed by atoms with Crippen LogP contribution in [0.1, 0.15) is 44.9 Å². The van der Waals surface area contributed by atoms with Crippen LogP contribution in [0, 0.1) is 11.8 Å². The van der Waals surface area contributed by atoms with Crippen LogP contribution in [0.3, 0.4) is 0 Å². The van der Waals surface area contributed by atoms with Gasteiger partial charge >= 0.3 is 0 Å². The molecule has 1 atom stereocenters. The van der Waals surface area contributed by atoms with E-state index in [9.17, 15) is 0 Å². The van der Waals surface area contributed by atoms with Gasteiger partial charge in [0.1, 0.15) is 0 Å². The zero-order valence-electron chi connectivity index (χ0n) is 17.7. The molecule has 0 spiro atoms. The Labute approximate surface area is 188 Å². The number of ether oxygens (including phenoxy) is 2. The predicted molar refractivity (Wildman–Crippen MR) is 126 cm³/mol. The Bertz CT molecular complexity index is 440. The molecule has 0 bridgehead atoms. The van der Waals surface area contributed by atoms with Crippen molar-refractivity contribution in [3.63, 3.8) is 0 Å². The molecule has 3 saturated heterocycles. The van der Waals surface area contributed by atoms with Gasteiger partial charge in [0.25, 0.3) is 0 Å². The van der Waals surface area contributed by atoms with Crippen molar-refractivity contribution in [3.05, 3.63) is 0 Å². The van der Waals surface area contributed by atoms with Gasteiger partial charge in [-0.05, 0) is 63.5 Å². The largest absolute Gasteiger partial charge is 0.381 e. The van der Waals surface area contributed by atoms with Crippen LogP contribution < -0.4 is 5.32 Å². The van der Waals surface area contributed by atoms with Crippen LogP contribution in [0.4, 0.5) is 0 Å². The second-order valence-corrected chi connectivity index (χ2v) is 8.42. The molecule has 28 heavy (non-hydrogen) atoms. The van der Waals surface area contributed by atoms with Crippen molar-refractivity contribution in [2.24, 2.45) is 16.8 Å². The van der Waals surface area contributed by atoms with Crippen LogP contribution in [0.2, 0.25) is 0 Å². The fourth-order valence-corrected chi connectivity index (χ4v) is 4.55. The first-order valence-electron chi connectivity index (χ1n) is 11.2. The van der Waals surface area contributed by atoms with Crippen molar-refractivity contribution >= 4 is 29.9 Å². The second-order valence-electron chi connectivity index (χ2n) is 8.42. The standard InChI is InChI=1S/C21H40N4O2.HI/c1-22-21(23-9-5-13-27-18-19-7-14-26-15-8-19)25-12-6-20(17-25)16-24-10-3-2-4-11-24;/h19-20H,2-18H2,1H3,(H,22,23);1H. The third kappa shape index (κ3) is 8.32. The highest BCUT2D eigenvalue weighted by Crippen LogP contribution is 2.20. The minimum atomic E-state index is 0. The number of guanidine groups is 1. The number of hydrogen-bond donors (Lipinski definition) is 1. The Morgan fingerprint density at radius 3 is 2.61 bits per heavy atom. The summed E-state index contributed by atoms with van der Waals surface area (Å²) in [6.07, 6.45) is 8.82. The molecule has 0 radical (unpaired) electrons. The topological polar surface area (TPSA) is 49.3 Å². The highest BCUT2D eigenvalue weighted by molar-refractivity contribution is 14.0. The highest BCUT2D eigenvalue weighted by Gasteiger charge is 2.26.